The first-order valence-corrected chi connectivity index (χ1v) is 7.53. The monoisotopic (exact) mass is 246 g/mol. The highest BCUT2D eigenvalue weighted by Crippen LogP contribution is 2.65. The van der Waals surface area contributed by atoms with E-state index in [1.54, 1.807) is 0 Å². The van der Waals surface area contributed by atoms with E-state index in [1.807, 2.05) is 6.08 Å². The quantitative estimate of drug-likeness (QED) is 0.620. The molecule has 100 valence electrons. The van der Waals surface area contributed by atoms with Gasteiger partial charge >= 0.3 is 0 Å². The van der Waals surface area contributed by atoms with Gasteiger partial charge in [-0.2, -0.15) is 0 Å². The molecule has 0 aromatic heterocycles. The Labute approximate surface area is 111 Å². The predicted molar refractivity (Wildman–Crippen MR) is 74.2 cm³/mol. The van der Waals surface area contributed by atoms with Crippen molar-refractivity contribution < 1.29 is 4.79 Å². The molecular weight excluding hydrogens is 220 g/mol. The van der Waals surface area contributed by atoms with Crippen LogP contribution in [0.5, 0.6) is 0 Å². The number of carbonyl (C=O) groups is 1. The summed E-state index contributed by atoms with van der Waals surface area (Å²) < 4.78 is 0. The molecule has 3 aliphatic rings. The maximum absolute atomic E-state index is 12.4. The first-order valence-electron chi connectivity index (χ1n) is 7.53. The fourth-order valence-corrected chi connectivity index (χ4v) is 5.78. The van der Waals surface area contributed by atoms with E-state index in [-0.39, 0.29) is 16.7 Å². The largest absolute Gasteiger partial charge is 0.295 e. The van der Waals surface area contributed by atoms with Gasteiger partial charge in [-0.15, -0.1) is 0 Å². The van der Waals surface area contributed by atoms with Gasteiger partial charge in [-0.05, 0) is 53.9 Å². The Balaban J connectivity index is 2.05. The molecule has 0 bridgehead atoms. The highest BCUT2D eigenvalue weighted by molar-refractivity contribution is 5.96. The normalized spacial score (nSPS) is 49.9. The Hall–Kier alpha value is -0.590. The van der Waals surface area contributed by atoms with E-state index < -0.39 is 0 Å². The fraction of sp³-hybridized carbons (Fsp3) is 0.824. The Kier molecular flexibility index (Phi) is 2.41. The molecule has 3 aliphatic carbocycles. The van der Waals surface area contributed by atoms with Gasteiger partial charge in [0, 0.05) is 5.92 Å². The standard InChI is InChI=1S/C17H26O/c1-15(2)8-5-9-17(4)13(15)7-11-16(3)10-6-12(18)14(16)17/h6,10,13-14H,5,7-9,11H2,1-4H3/t13-,14-,16-,17-/m1/s1. The van der Waals surface area contributed by atoms with Crippen molar-refractivity contribution in [2.45, 2.75) is 59.8 Å². The first kappa shape index (κ1) is 12.4. The lowest BCUT2D eigenvalue weighted by Gasteiger charge is -2.60. The number of allylic oxidation sites excluding steroid dienone is 2. The molecule has 2 fully saturated rings. The van der Waals surface area contributed by atoms with E-state index in [2.05, 4.69) is 33.8 Å². The van der Waals surface area contributed by atoms with E-state index in [9.17, 15) is 4.79 Å². The van der Waals surface area contributed by atoms with Crippen LogP contribution in [0.1, 0.15) is 59.8 Å². The average molecular weight is 246 g/mol. The van der Waals surface area contributed by atoms with Gasteiger partial charge in [-0.25, -0.2) is 0 Å². The van der Waals surface area contributed by atoms with Gasteiger partial charge in [0.2, 0.25) is 0 Å². The average Bonchev–Trinajstić information content (AvgIpc) is 2.54. The Bertz CT molecular complexity index is 419. The van der Waals surface area contributed by atoms with E-state index in [0.717, 1.165) is 5.92 Å². The molecule has 18 heavy (non-hydrogen) atoms. The van der Waals surface area contributed by atoms with Crippen LogP contribution in [0.3, 0.4) is 0 Å². The van der Waals surface area contributed by atoms with E-state index >= 15 is 0 Å². The lowest BCUT2D eigenvalue weighted by Crippen LogP contribution is -2.55. The van der Waals surface area contributed by atoms with Crippen molar-refractivity contribution in [2.75, 3.05) is 0 Å². The molecule has 0 aromatic rings. The van der Waals surface area contributed by atoms with Crippen molar-refractivity contribution in [3.63, 3.8) is 0 Å². The number of hydrogen-bond acceptors (Lipinski definition) is 1. The number of carbonyl (C=O) groups excluding carboxylic acids is 1. The molecule has 3 rings (SSSR count). The molecule has 0 amide bonds. The molecule has 0 unspecified atom stereocenters. The minimum absolute atomic E-state index is 0.149. The lowest BCUT2D eigenvalue weighted by molar-refractivity contribution is -0.144. The van der Waals surface area contributed by atoms with Crippen LogP contribution in [-0.4, -0.2) is 5.78 Å². The molecule has 0 spiro atoms. The summed E-state index contributed by atoms with van der Waals surface area (Å²) in [5.74, 6) is 1.38. The second kappa shape index (κ2) is 3.49. The molecule has 0 aliphatic heterocycles. The van der Waals surface area contributed by atoms with Gasteiger partial charge in [0.1, 0.15) is 0 Å². The first-order chi connectivity index (χ1) is 8.30. The molecule has 0 radical (unpaired) electrons. The van der Waals surface area contributed by atoms with Crippen LogP contribution in [0.4, 0.5) is 0 Å². The molecule has 0 saturated heterocycles. The third-order valence-corrected chi connectivity index (χ3v) is 6.48. The van der Waals surface area contributed by atoms with Gasteiger partial charge in [0.05, 0.1) is 0 Å². The highest BCUT2D eigenvalue weighted by Gasteiger charge is 2.60. The van der Waals surface area contributed by atoms with Crippen LogP contribution in [0.25, 0.3) is 0 Å². The van der Waals surface area contributed by atoms with Crippen molar-refractivity contribution in [1.82, 2.24) is 0 Å². The van der Waals surface area contributed by atoms with Crippen LogP contribution in [0.2, 0.25) is 0 Å². The van der Waals surface area contributed by atoms with Crippen molar-refractivity contribution in [1.29, 1.82) is 0 Å². The number of rotatable bonds is 0. The summed E-state index contributed by atoms with van der Waals surface area (Å²) in [7, 11) is 0. The third kappa shape index (κ3) is 1.42. The summed E-state index contributed by atoms with van der Waals surface area (Å²) in [6.07, 6.45) is 10.5. The van der Waals surface area contributed by atoms with Gasteiger partial charge in [-0.3, -0.25) is 4.79 Å². The lowest BCUT2D eigenvalue weighted by atomic mass is 9.44. The second-order valence-electron chi connectivity index (χ2n) is 8.11. The maximum atomic E-state index is 12.4. The molecular formula is C17H26O. The summed E-state index contributed by atoms with van der Waals surface area (Å²) >= 11 is 0. The van der Waals surface area contributed by atoms with Crippen LogP contribution in [0.15, 0.2) is 12.2 Å². The maximum Gasteiger partial charge on any atom is 0.159 e. The van der Waals surface area contributed by atoms with E-state index in [1.165, 1.54) is 32.1 Å². The molecule has 0 heterocycles. The SMILES string of the molecule is CC1(C)CCC[C@]2(C)[C@@H]1CC[C@@]1(C)C=CC(=O)[C@@H]21. The van der Waals surface area contributed by atoms with Crippen molar-refractivity contribution in [3.8, 4) is 0 Å². The zero-order valence-electron chi connectivity index (χ0n) is 12.3. The summed E-state index contributed by atoms with van der Waals surface area (Å²) in [4.78, 5) is 12.4. The summed E-state index contributed by atoms with van der Waals surface area (Å²) in [6.45, 7) is 9.56. The molecule has 0 N–H and O–H groups in total. The third-order valence-electron chi connectivity index (χ3n) is 6.48. The molecule has 2 saturated carbocycles. The Morgan fingerprint density at radius 2 is 1.83 bits per heavy atom. The number of ketones is 1. The topological polar surface area (TPSA) is 17.1 Å². The minimum atomic E-state index is 0.149. The molecule has 1 nitrogen and oxygen atoms in total. The van der Waals surface area contributed by atoms with Crippen LogP contribution in [-0.2, 0) is 4.79 Å². The van der Waals surface area contributed by atoms with Crippen LogP contribution in [0, 0.1) is 28.1 Å². The molecule has 1 heteroatoms. The van der Waals surface area contributed by atoms with Gasteiger partial charge in [-0.1, -0.05) is 40.2 Å². The Morgan fingerprint density at radius 3 is 2.56 bits per heavy atom. The second-order valence-corrected chi connectivity index (χ2v) is 8.11. The minimum Gasteiger partial charge on any atom is -0.295 e. The van der Waals surface area contributed by atoms with Crippen LogP contribution < -0.4 is 0 Å². The van der Waals surface area contributed by atoms with Gasteiger partial charge < -0.3 is 0 Å². The van der Waals surface area contributed by atoms with E-state index in [4.69, 9.17) is 0 Å². The van der Waals surface area contributed by atoms with Crippen molar-refractivity contribution >= 4 is 5.78 Å². The van der Waals surface area contributed by atoms with E-state index in [0.29, 0.717) is 11.2 Å². The van der Waals surface area contributed by atoms with Crippen molar-refractivity contribution in [2.24, 2.45) is 28.1 Å². The summed E-state index contributed by atoms with van der Waals surface area (Å²) in [5.41, 5.74) is 0.794. The number of fused-ring (bicyclic) bond motifs is 3. The highest BCUT2D eigenvalue weighted by atomic mass is 16.1. The fourth-order valence-electron chi connectivity index (χ4n) is 5.78. The van der Waals surface area contributed by atoms with Gasteiger partial charge in [0.15, 0.2) is 5.78 Å². The van der Waals surface area contributed by atoms with Crippen molar-refractivity contribution in [3.05, 3.63) is 12.2 Å². The molecule has 4 atom stereocenters. The zero-order valence-corrected chi connectivity index (χ0v) is 12.3. The zero-order chi connectivity index (χ0) is 13.2. The molecule has 0 aromatic carbocycles. The Morgan fingerprint density at radius 1 is 1.11 bits per heavy atom. The van der Waals surface area contributed by atoms with Gasteiger partial charge in [0.25, 0.3) is 0 Å². The predicted octanol–water partition coefficient (Wildman–Crippen LogP) is 4.37. The smallest absolute Gasteiger partial charge is 0.159 e. The summed E-state index contributed by atoms with van der Waals surface area (Å²) in [6, 6.07) is 0. The van der Waals surface area contributed by atoms with Crippen LogP contribution >= 0.6 is 0 Å². The summed E-state index contributed by atoms with van der Waals surface area (Å²) in [5, 5.41) is 0. The number of hydrogen-bond donors (Lipinski definition) is 0.